The van der Waals surface area contributed by atoms with Gasteiger partial charge in [0.25, 0.3) is 10.0 Å². The number of carbonyl (C=O) groups excluding carboxylic acids is 1. The van der Waals surface area contributed by atoms with Gasteiger partial charge in [0.2, 0.25) is 5.91 Å². The molecule has 0 aliphatic rings. The molecule has 1 N–H and O–H groups in total. The van der Waals surface area contributed by atoms with Crippen LogP contribution in [-0.4, -0.2) is 33.2 Å². The maximum Gasteiger partial charge on any atom is 0.264 e. The highest BCUT2D eigenvalue weighted by Crippen LogP contribution is 2.24. The molecule has 0 aromatic heterocycles. The quantitative estimate of drug-likeness (QED) is 0.391. The van der Waals surface area contributed by atoms with Gasteiger partial charge in [-0.3, -0.25) is 9.10 Å². The number of carbonyl (C=O) groups is 1. The molecule has 3 aromatic rings. The minimum absolute atomic E-state index is 0.0886. The van der Waals surface area contributed by atoms with Crippen LogP contribution in [0.3, 0.4) is 0 Å². The van der Waals surface area contributed by atoms with Crippen molar-refractivity contribution in [2.75, 3.05) is 23.1 Å². The van der Waals surface area contributed by atoms with E-state index in [1.807, 2.05) is 31.2 Å². The molecule has 3 aromatic carbocycles. The second-order valence-electron chi connectivity index (χ2n) is 7.33. The molecule has 3 rings (SSSR count). The van der Waals surface area contributed by atoms with Crippen LogP contribution in [0.4, 0.5) is 10.1 Å². The van der Waals surface area contributed by atoms with E-state index in [-0.39, 0.29) is 11.4 Å². The van der Waals surface area contributed by atoms with Crippen molar-refractivity contribution in [2.45, 2.75) is 17.6 Å². The van der Waals surface area contributed by atoms with Gasteiger partial charge in [-0.15, -0.1) is 0 Å². The highest BCUT2D eigenvalue weighted by molar-refractivity contribution is 7.98. The summed E-state index contributed by atoms with van der Waals surface area (Å²) in [6, 6.07) is 19.0. The molecular weight excluding hydrogens is 483 g/mol. The highest BCUT2D eigenvalue weighted by Gasteiger charge is 2.27. The Morgan fingerprint density at radius 3 is 2.42 bits per heavy atom. The topological polar surface area (TPSA) is 66.5 Å². The lowest BCUT2D eigenvalue weighted by molar-refractivity contribution is -0.119. The first-order valence-corrected chi connectivity index (χ1v) is 13.2. The van der Waals surface area contributed by atoms with Crippen molar-refractivity contribution in [2.24, 2.45) is 0 Å². The minimum Gasteiger partial charge on any atom is -0.354 e. The molecule has 0 unspecified atom stereocenters. The Balaban J connectivity index is 1.64. The smallest absolute Gasteiger partial charge is 0.264 e. The summed E-state index contributed by atoms with van der Waals surface area (Å²) < 4.78 is 40.8. The number of aryl methyl sites for hydroxylation is 1. The molecule has 0 saturated carbocycles. The monoisotopic (exact) mass is 506 g/mol. The number of sulfonamides is 1. The van der Waals surface area contributed by atoms with E-state index in [2.05, 4.69) is 5.32 Å². The molecule has 0 heterocycles. The number of benzene rings is 3. The van der Waals surface area contributed by atoms with Gasteiger partial charge in [-0.25, -0.2) is 12.8 Å². The number of thioether (sulfide) groups is 1. The standard InChI is InChI=1S/C24H24ClFN2O3S2/c1-18-5-9-22(10-6-18)28(33(30,31)23-11-7-21(26)8-12-23)16-24(29)27-13-14-32-17-19-3-2-4-20(25)15-19/h2-12,15H,13-14,16-17H2,1H3,(H,27,29). The van der Waals surface area contributed by atoms with Crippen molar-refractivity contribution in [3.63, 3.8) is 0 Å². The number of hydrogen-bond donors (Lipinski definition) is 1. The first kappa shape index (κ1) is 25.1. The van der Waals surface area contributed by atoms with Gasteiger partial charge >= 0.3 is 0 Å². The Morgan fingerprint density at radius 2 is 1.76 bits per heavy atom. The fourth-order valence-corrected chi connectivity index (χ4v) is 5.47. The fourth-order valence-electron chi connectivity index (χ4n) is 3.03. The SMILES string of the molecule is Cc1ccc(N(CC(=O)NCCSCc2cccc(Cl)c2)S(=O)(=O)c2ccc(F)cc2)cc1. The Morgan fingerprint density at radius 1 is 1.06 bits per heavy atom. The third-order valence-electron chi connectivity index (χ3n) is 4.74. The Labute approximate surface area is 203 Å². The summed E-state index contributed by atoms with van der Waals surface area (Å²) in [7, 11) is -4.07. The van der Waals surface area contributed by atoms with Gasteiger partial charge in [-0.2, -0.15) is 11.8 Å². The van der Waals surface area contributed by atoms with Crippen LogP contribution >= 0.6 is 23.4 Å². The lowest BCUT2D eigenvalue weighted by atomic mass is 10.2. The molecule has 0 aliphatic carbocycles. The predicted octanol–water partition coefficient (Wildman–Crippen LogP) is 5.03. The zero-order valence-corrected chi connectivity index (χ0v) is 20.4. The van der Waals surface area contributed by atoms with E-state index in [0.717, 1.165) is 33.3 Å². The minimum atomic E-state index is -4.07. The van der Waals surface area contributed by atoms with E-state index in [9.17, 15) is 17.6 Å². The fraction of sp³-hybridized carbons (Fsp3) is 0.208. The van der Waals surface area contributed by atoms with E-state index >= 15 is 0 Å². The van der Waals surface area contributed by atoms with Gasteiger partial charge < -0.3 is 5.32 Å². The average molecular weight is 507 g/mol. The molecule has 1 amide bonds. The van der Waals surface area contributed by atoms with Crippen LogP contribution < -0.4 is 9.62 Å². The third kappa shape index (κ3) is 7.22. The Kier molecular flexibility index (Phi) is 8.77. The number of amides is 1. The summed E-state index contributed by atoms with van der Waals surface area (Å²) in [5.41, 5.74) is 2.41. The zero-order valence-electron chi connectivity index (χ0n) is 18.0. The van der Waals surface area contributed by atoms with Crippen molar-refractivity contribution < 1.29 is 17.6 Å². The largest absolute Gasteiger partial charge is 0.354 e. The maximum atomic E-state index is 13.3. The van der Waals surface area contributed by atoms with Crippen LogP contribution in [0.2, 0.25) is 5.02 Å². The summed E-state index contributed by atoms with van der Waals surface area (Å²) in [5, 5.41) is 3.45. The number of rotatable bonds is 10. The predicted molar refractivity (Wildman–Crippen MR) is 133 cm³/mol. The molecular formula is C24H24ClFN2O3S2. The highest BCUT2D eigenvalue weighted by atomic mass is 35.5. The van der Waals surface area contributed by atoms with E-state index < -0.39 is 21.7 Å². The molecule has 0 atom stereocenters. The van der Waals surface area contributed by atoms with E-state index in [0.29, 0.717) is 23.0 Å². The zero-order chi connectivity index (χ0) is 23.8. The molecule has 0 aliphatic heterocycles. The first-order valence-electron chi connectivity index (χ1n) is 10.2. The second-order valence-corrected chi connectivity index (χ2v) is 10.7. The van der Waals surface area contributed by atoms with Gasteiger partial charge in [-0.1, -0.05) is 41.4 Å². The van der Waals surface area contributed by atoms with Crippen molar-refractivity contribution in [3.05, 3.63) is 94.8 Å². The Hall–Kier alpha value is -2.55. The van der Waals surface area contributed by atoms with Gasteiger partial charge in [-0.05, 0) is 61.0 Å². The molecule has 0 fully saturated rings. The molecule has 5 nitrogen and oxygen atoms in total. The molecule has 0 bridgehead atoms. The molecule has 0 saturated heterocycles. The summed E-state index contributed by atoms with van der Waals surface area (Å²) in [5.74, 6) is 0.451. The van der Waals surface area contributed by atoms with Crippen molar-refractivity contribution in [3.8, 4) is 0 Å². The molecule has 33 heavy (non-hydrogen) atoms. The lowest BCUT2D eigenvalue weighted by Gasteiger charge is -2.24. The number of nitrogens with one attached hydrogen (secondary N) is 1. The van der Waals surface area contributed by atoms with Crippen molar-refractivity contribution in [1.29, 1.82) is 0 Å². The van der Waals surface area contributed by atoms with Gasteiger partial charge in [0.15, 0.2) is 0 Å². The summed E-state index contributed by atoms with van der Waals surface area (Å²) in [6.45, 7) is 1.89. The number of hydrogen-bond acceptors (Lipinski definition) is 4. The van der Waals surface area contributed by atoms with E-state index in [4.69, 9.17) is 11.6 Å². The molecule has 0 spiro atoms. The van der Waals surface area contributed by atoms with Gasteiger partial charge in [0.1, 0.15) is 12.4 Å². The summed E-state index contributed by atoms with van der Waals surface area (Å²) in [4.78, 5) is 12.5. The normalized spacial score (nSPS) is 11.2. The lowest BCUT2D eigenvalue weighted by Crippen LogP contribution is -2.41. The van der Waals surface area contributed by atoms with Crippen LogP contribution in [0.5, 0.6) is 0 Å². The average Bonchev–Trinajstić information content (AvgIpc) is 2.78. The van der Waals surface area contributed by atoms with Crippen LogP contribution in [0.25, 0.3) is 0 Å². The van der Waals surface area contributed by atoms with Gasteiger partial charge in [0.05, 0.1) is 10.6 Å². The second kappa shape index (κ2) is 11.5. The maximum absolute atomic E-state index is 13.3. The number of nitrogens with zero attached hydrogens (tertiary/aromatic N) is 1. The van der Waals surface area contributed by atoms with Crippen molar-refractivity contribution >= 4 is 45.0 Å². The third-order valence-corrected chi connectivity index (χ3v) is 7.79. The summed E-state index contributed by atoms with van der Waals surface area (Å²) >= 11 is 7.62. The van der Waals surface area contributed by atoms with Crippen LogP contribution in [0, 0.1) is 12.7 Å². The first-order chi connectivity index (χ1) is 15.8. The number of halogens is 2. The van der Waals surface area contributed by atoms with Crippen LogP contribution in [0.1, 0.15) is 11.1 Å². The molecule has 9 heteroatoms. The Bertz CT molecular complexity index is 1190. The van der Waals surface area contributed by atoms with E-state index in [1.54, 1.807) is 36.0 Å². The van der Waals surface area contributed by atoms with Crippen LogP contribution in [0.15, 0.2) is 77.7 Å². The number of anilines is 1. The summed E-state index contributed by atoms with van der Waals surface area (Å²) in [6.07, 6.45) is 0. The molecule has 0 radical (unpaired) electrons. The van der Waals surface area contributed by atoms with Gasteiger partial charge in [0, 0.05) is 23.1 Å². The molecule has 174 valence electrons. The van der Waals surface area contributed by atoms with Crippen LogP contribution in [-0.2, 0) is 20.6 Å². The van der Waals surface area contributed by atoms with E-state index in [1.165, 1.54) is 12.1 Å². The van der Waals surface area contributed by atoms with Crippen molar-refractivity contribution in [1.82, 2.24) is 5.32 Å².